The molecule has 0 atom stereocenters. The Bertz CT molecular complexity index is 629. The first-order chi connectivity index (χ1) is 10.0. The molecule has 5 heteroatoms. The summed E-state index contributed by atoms with van der Waals surface area (Å²) in [7, 11) is 0. The van der Waals surface area contributed by atoms with E-state index in [1.54, 1.807) is 0 Å². The van der Waals surface area contributed by atoms with Crippen molar-refractivity contribution < 1.29 is 13.9 Å². The minimum Gasteiger partial charge on any atom is -0.482 e. The average Bonchev–Trinajstić information content (AvgIpc) is 2.46. The summed E-state index contributed by atoms with van der Waals surface area (Å²) >= 11 is 5.80. The third kappa shape index (κ3) is 4.76. The molecule has 2 aromatic carbocycles. The third-order valence-corrected chi connectivity index (χ3v) is 3.16. The van der Waals surface area contributed by atoms with Gasteiger partial charge in [0.2, 0.25) is 0 Å². The smallest absolute Gasteiger partial charge is 0.258 e. The topological polar surface area (TPSA) is 38.3 Å². The number of aryl methyl sites for hydroxylation is 1. The minimum absolute atomic E-state index is 0.140. The van der Waals surface area contributed by atoms with Gasteiger partial charge in [0.25, 0.3) is 5.91 Å². The first-order valence-corrected chi connectivity index (χ1v) is 6.82. The number of benzene rings is 2. The van der Waals surface area contributed by atoms with E-state index in [4.69, 9.17) is 16.3 Å². The van der Waals surface area contributed by atoms with Crippen LogP contribution in [0.15, 0.2) is 42.5 Å². The van der Waals surface area contributed by atoms with Gasteiger partial charge in [-0.15, -0.1) is 0 Å². The van der Waals surface area contributed by atoms with Crippen LogP contribution < -0.4 is 10.1 Å². The second-order valence-corrected chi connectivity index (χ2v) is 5.03. The molecule has 0 radical (unpaired) electrons. The third-order valence-electron chi connectivity index (χ3n) is 2.86. The number of hydrogen-bond donors (Lipinski definition) is 1. The second-order valence-electron chi connectivity index (χ2n) is 4.63. The standard InChI is InChI=1S/C16H15ClFNO2/c1-11-2-4-12(5-3-11)9-19-16(20)10-21-15-7-6-13(18)8-14(15)17/h2-8H,9-10H2,1H3,(H,19,20). The molecule has 0 aliphatic carbocycles. The quantitative estimate of drug-likeness (QED) is 0.918. The molecule has 0 aliphatic rings. The number of amides is 1. The first kappa shape index (κ1) is 15.3. The molecule has 2 aromatic rings. The van der Waals surface area contributed by atoms with Gasteiger partial charge in [0.15, 0.2) is 6.61 Å². The Labute approximate surface area is 127 Å². The van der Waals surface area contributed by atoms with Crippen LogP contribution in [0.3, 0.4) is 0 Å². The highest BCUT2D eigenvalue weighted by molar-refractivity contribution is 6.32. The van der Waals surface area contributed by atoms with Crippen LogP contribution in [0.25, 0.3) is 0 Å². The largest absolute Gasteiger partial charge is 0.482 e. The maximum absolute atomic E-state index is 12.9. The monoisotopic (exact) mass is 307 g/mol. The predicted molar refractivity (Wildman–Crippen MR) is 79.9 cm³/mol. The van der Waals surface area contributed by atoms with Crippen LogP contribution in [-0.2, 0) is 11.3 Å². The Kier molecular flexibility index (Phi) is 5.17. The lowest BCUT2D eigenvalue weighted by Crippen LogP contribution is -2.28. The summed E-state index contributed by atoms with van der Waals surface area (Å²) in [5.41, 5.74) is 2.17. The normalized spacial score (nSPS) is 10.2. The molecule has 110 valence electrons. The van der Waals surface area contributed by atoms with E-state index in [1.165, 1.54) is 17.7 Å². The zero-order valence-corrected chi connectivity index (χ0v) is 12.3. The summed E-state index contributed by atoms with van der Waals surface area (Å²) in [4.78, 5) is 11.7. The second kappa shape index (κ2) is 7.09. The van der Waals surface area contributed by atoms with Crippen LogP contribution in [0.1, 0.15) is 11.1 Å². The Balaban J connectivity index is 1.80. The zero-order valence-electron chi connectivity index (χ0n) is 11.5. The van der Waals surface area contributed by atoms with Gasteiger partial charge in [-0.2, -0.15) is 0 Å². The van der Waals surface area contributed by atoms with E-state index in [0.29, 0.717) is 6.54 Å². The van der Waals surface area contributed by atoms with Crippen molar-refractivity contribution in [3.63, 3.8) is 0 Å². The van der Waals surface area contributed by atoms with E-state index in [1.807, 2.05) is 31.2 Å². The fraction of sp³-hybridized carbons (Fsp3) is 0.188. The fourth-order valence-corrected chi connectivity index (χ4v) is 1.91. The number of halogens is 2. The number of rotatable bonds is 5. The van der Waals surface area contributed by atoms with Crippen LogP contribution >= 0.6 is 11.6 Å². The lowest BCUT2D eigenvalue weighted by atomic mass is 10.1. The molecule has 0 aromatic heterocycles. The Morgan fingerprint density at radius 3 is 2.62 bits per heavy atom. The molecule has 1 amide bonds. The molecule has 0 spiro atoms. The molecule has 0 fully saturated rings. The van der Waals surface area contributed by atoms with Crippen LogP contribution in [0.5, 0.6) is 5.75 Å². The number of hydrogen-bond acceptors (Lipinski definition) is 2. The van der Waals surface area contributed by atoms with Crippen molar-refractivity contribution >= 4 is 17.5 Å². The molecule has 0 saturated carbocycles. The van der Waals surface area contributed by atoms with E-state index in [2.05, 4.69) is 5.32 Å². The lowest BCUT2D eigenvalue weighted by molar-refractivity contribution is -0.123. The highest BCUT2D eigenvalue weighted by Gasteiger charge is 2.06. The van der Waals surface area contributed by atoms with Crippen LogP contribution in [0.2, 0.25) is 5.02 Å². The number of carbonyl (C=O) groups excluding carboxylic acids is 1. The molecule has 0 aliphatic heterocycles. The Morgan fingerprint density at radius 2 is 1.95 bits per heavy atom. The number of ether oxygens (including phenoxy) is 1. The molecule has 0 unspecified atom stereocenters. The Hall–Kier alpha value is -2.07. The van der Waals surface area contributed by atoms with Gasteiger partial charge in [-0.1, -0.05) is 41.4 Å². The molecule has 3 nitrogen and oxygen atoms in total. The van der Waals surface area contributed by atoms with E-state index >= 15 is 0 Å². The first-order valence-electron chi connectivity index (χ1n) is 6.44. The van der Waals surface area contributed by atoms with Crippen molar-refractivity contribution in [3.8, 4) is 5.75 Å². The van der Waals surface area contributed by atoms with E-state index in [9.17, 15) is 9.18 Å². The van der Waals surface area contributed by atoms with Crippen LogP contribution in [0, 0.1) is 12.7 Å². The minimum atomic E-state index is -0.448. The molecular weight excluding hydrogens is 293 g/mol. The summed E-state index contributed by atoms with van der Waals surface area (Å²) < 4.78 is 18.1. The van der Waals surface area contributed by atoms with Gasteiger partial charge in [-0.05, 0) is 30.7 Å². The molecule has 0 heterocycles. The van der Waals surface area contributed by atoms with Gasteiger partial charge in [0, 0.05) is 6.54 Å². The highest BCUT2D eigenvalue weighted by atomic mass is 35.5. The van der Waals surface area contributed by atoms with E-state index < -0.39 is 5.82 Å². The summed E-state index contributed by atoms with van der Waals surface area (Å²) in [5, 5.41) is 2.88. The van der Waals surface area contributed by atoms with Crippen molar-refractivity contribution in [2.45, 2.75) is 13.5 Å². The molecule has 0 saturated heterocycles. The zero-order chi connectivity index (χ0) is 15.2. The summed E-state index contributed by atoms with van der Waals surface area (Å²) in [6.45, 7) is 2.26. The van der Waals surface area contributed by atoms with Crippen molar-refractivity contribution in [2.75, 3.05) is 6.61 Å². The lowest BCUT2D eigenvalue weighted by Gasteiger charge is -2.09. The van der Waals surface area contributed by atoms with E-state index in [-0.39, 0.29) is 23.3 Å². The number of nitrogens with one attached hydrogen (secondary N) is 1. The van der Waals surface area contributed by atoms with Crippen molar-refractivity contribution in [1.29, 1.82) is 0 Å². The molecule has 2 rings (SSSR count). The van der Waals surface area contributed by atoms with Gasteiger partial charge in [-0.25, -0.2) is 4.39 Å². The fourth-order valence-electron chi connectivity index (χ4n) is 1.69. The molecule has 0 bridgehead atoms. The van der Waals surface area contributed by atoms with Gasteiger partial charge in [0.05, 0.1) is 5.02 Å². The van der Waals surface area contributed by atoms with Gasteiger partial charge >= 0.3 is 0 Å². The molecular formula is C16H15ClFNO2. The SMILES string of the molecule is Cc1ccc(CNC(=O)COc2ccc(F)cc2Cl)cc1. The van der Waals surface area contributed by atoms with Crippen LogP contribution in [-0.4, -0.2) is 12.5 Å². The van der Waals surface area contributed by atoms with E-state index in [0.717, 1.165) is 11.6 Å². The van der Waals surface area contributed by atoms with Gasteiger partial charge < -0.3 is 10.1 Å². The van der Waals surface area contributed by atoms with Crippen molar-refractivity contribution in [1.82, 2.24) is 5.32 Å². The molecule has 21 heavy (non-hydrogen) atoms. The number of carbonyl (C=O) groups is 1. The maximum atomic E-state index is 12.9. The predicted octanol–water partition coefficient (Wildman–Crippen LogP) is 3.48. The summed E-state index contributed by atoms with van der Waals surface area (Å²) in [6.07, 6.45) is 0. The van der Waals surface area contributed by atoms with Gasteiger partial charge in [-0.3, -0.25) is 4.79 Å². The van der Waals surface area contributed by atoms with Gasteiger partial charge in [0.1, 0.15) is 11.6 Å². The molecule has 1 N–H and O–H groups in total. The summed E-state index contributed by atoms with van der Waals surface area (Å²) in [5.74, 6) is -0.435. The highest BCUT2D eigenvalue weighted by Crippen LogP contribution is 2.24. The maximum Gasteiger partial charge on any atom is 0.258 e. The van der Waals surface area contributed by atoms with Crippen molar-refractivity contribution in [2.24, 2.45) is 0 Å². The Morgan fingerprint density at radius 1 is 1.24 bits per heavy atom. The summed E-state index contributed by atoms with van der Waals surface area (Å²) in [6, 6.07) is 11.6. The average molecular weight is 308 g/mol. The van der Waals surface area contributed by atoms with Crippen LogP contribution in [0.4, 0.5) is 4.39 Å². The van der Waals surface area contributed by atoms with Crippen molar-refractivity contribution in [3.05, 3.63) is 64.4 Å².